The van der Waals surface area contributed by atoms with Crippen molar-refractivity contribution in [3.8, 4) is 11.5 Å². The zero-order valence-corrected chi connectivity index (χ0v) is 14.2. The van der Waals surface area contributed by atoms with Gasteiger partial charge >= 0.3 is 0 Å². The van der Waals surface area contributed by atoms with Crippen LogP contribution in [0.1, 0.15) is 19.4 Å². The van der Waals surface area contributed by atoms with E-state index < -0.39 is 6.10 Å². The number of amides is 1. The van der Waals surface area contributed by atoms with Gasteiger partial charge < -0.3 is 14.8 Å². The Hall–Kier alpha value is -2.20. The highest BCUT2D eigenvalue weighted by molar-refractivity contribution is 6.31. The molecule has 0 spiro atoms. The predicted octanol–water partition coefficient (Wildman–Crippen LogP) is 4.45. The Kier molecular flexibility index (Phi) is 5.88. The van der Waals surface area contributed by atoms with E-state index in [-0.39, 0.29) is 5.91 Å². The average molecular weight is 334 g/mol. The van der Waals surface area contributed by atoms with Crippen LogP contribution in [0, 0.1) is 6.92 Å². The summed E-state index contributed by atoms with van der Waals surface area (Å²) >= 11 is 5.98. The lowest BCUT2D eigenvalue weighted by Gasteiger charge is -2.15. The largest absolute Gasteiger partial charge is 0.494 e. The molecule has 0 bridgehead atoms. The Morgan fingerprint density at radius 1 is 1.22 bits per heavy atom. The molecule has 23 heavy (non-hydrogen) atoms. The van der Waals surface area contributed by atoms with Crippen molar-refractivity contribution in [2.75, 3.05) is 11.9 Å². The third-order valence-corrected chi connectivity index (χ3v) is 3.65. The first kappa shape index (κ1) is 17.2. The fourth-order valence-electron chi connectivity index (χ4n) is 2.02. The molecule has 0 heterocycles. The van der Waals surface area contributed by atoms with E-state index in [1.165, 1.54) is 0 Å². The molecule has 2 aromatic carbocycles. The number of hydrogen-bond acceptors (Lipinski definition) is 3. The summed E-state index contributed by atoms with van der Waals surface area (Å²) in [6, 6.07) is 12.6. The Balaban J connectivity index is 1.99. The number of hydrogen-bond donors (Lipinski definition) is 1. The number of benzene rings is 2. The molecule has 1 atom stereocenters. The lowest BCUT2D eigenvalue weighted by Crippen LogP contribution is -2.30. The minimum Gasteiger partial charge on any atom is -0.494 e. The lowest BCUT2D eigenvalue weighted by molar-refractivity contribution is -0.122. The van der Waals surface area contributed by atoms with Gasteiger partial charge in [0.25, 0.3) is 5.91 Å². The Morgan fingerprint density at radius 2 is 2.00 bits per heavy atom. The predicted molar refractivity (Wildman–Crippen MR) is 92.5 cm³/mol. The number of aryl methyl sites for hydroxylation is 1. The van der Waals surface area contributed by atoms with Gasteiger partial charge in [-0.25, -0.2) is 0 Å². The highest BCUT2D eigenvalue weighted by Gasteiger charge is 2.15. The molecule has 0 saturated carbocycles. The van der Waals surface area contributed by atoms with Crippen molar-refractivity contribution in [2.24, 2.45) is 0 Å². The fraction of sp³-hybridized carbons (Fsp3) is 0.278. The molecule has 0 aromatic heterocycles. The molecule has 2 rings (SSSR count). The summed E-state index contributed by atoms with van der Waals surface area (Å²) in [5.41, 5.74) is 1.57. The van der Waals surface area contributed by atoms with Crippen LogP contribution in [-0.4, -0.2) is 18.6 Å². The summed E-state index contributed by atoms with van der Waals surface area (Å²) in [6.45, 7) is 6.08. The van der Waals surface area contributed by atoms with Gasteiger partial charge in [0.15, 0.2) is 6.10 Å². The number of carbonyl (C=O) groups is 1. The molecule has 0 aliphatic heterocycles. The van der Waals surface area contributed by atoms with E-state index in [0.717, 1.165) is 5.56 Å². The third-order valence-electron chi connectivity index (χ3n) is 3.22. The maximum absolute atomic E-state index is 12.2. The highest BCUT2D eigenvalue weighted by atomic mass is 35.5. The first-order chi connectivity index (χ1) is 11.0. The standard InChI is InChI=1S/C18H20ClNO3/c1-4-22-15-7-5-6-14(11-15)20-18(21)13(3)23-16-8-9-17(19)12(2)10-16/h5-11,13H,4H2,1-3H3,(H,20,21). The molecular formula is C18H20ClNO3. The van der Waals surface area contributed by atoms with Crippen LogP contribution >= 0.6 is 11.6 Å². The normalized spacial score (nSPS) is 11.7. The molecular weight excluding hydrogens is 314 g/mol. The van der Waals surface area contributed by atoms with Crippen molar-refractivity contribution in [1.82, 2.24) is 0 Å². The van der Waals surface area contributed by atoms with Gasteiger partial charge in [-0.1, -0.05) is 17.7 Å². The second-order valence-corrected chi connectivity index (χ2v) is 5.53. The monoisotopic (exact) mass is 333 g/mol. The molecule has 0 aliphatic rings. The second-order valence-electron chi connectivity index (χ2n) is 5.12. The molecule has 1 N–H and O–H groups in total. The van der Waals surface area contributed by atoms with E-state index >= 15 is 0 Å². The maximum atomic E-state index is 12.2. The Labute approximate surface area is 141 Å². The van der Waals surface area contributed by atoms with Crippen LogP contribution in [0.5, 0.6) is 11.5 Å². The minimum absolute atomic E-state index is 0.230. The van der Waals surface area contributed by atoms with Crippen LogP contribution in [0.25, 0.3) is 0 Å². The van der Waals surface area contributed by atoms with E-state index in [2.05, 4.69) is 5.32 Å². The van der Waals surface area contributed by atoms with E-state index in [1.807, 2.05) is 32.0 Å². The Morgan fingerprint density at radius 3 is 2.70 bits per heavy atom. The van der Waals surface area contributed by atoms with E-state index in [0.29, 0.717) is 28.8 Å². The SMILES string of the molecule is CCOc1cccc(NC(=O)C(C)Oc2ccc(Cl)c(C)c2)c1. The average Bonchev–Trinajstić information content (AvgIpc) is 2.51. The zero-order chi connectivity index (χ0) is 16.8. The van der Waals surface area contributed by atoms with Gasteiger partial charge in [-0.15, -0.1) is 0 Å². The molecule has 4 nitrogen and oxygen atoms in total. The third kappa shape index (κ3) is 4.89. The second kappa shape index (κ2) is 7.88. The summed E-state index contributed by atoms with van der Waals surface area (Å²) < 4.78 is 11.1. The summed E-state index contributed by atoms with van der Waals surface area (Å²) in [5, 5.41) is 3.49. The van der Waals surface area contributed by atoms with Crippen molar-refractivity contribution < 1.29 is 14.3 Å². The van der Waals surface area contributed by atoms with E-state index in [1.54, 1.807) is 31.2 Å². The molecule has 0 radical (unpaired) electrons. The smallest absolute Gasteiger partial charge is 0.265 e. The topological polar surface area (TPSA) is 47.6 Å². The minimum atomic E-state index is -0.633. The van der Waals surface area contributed by atoms with E-state index in [4.69, 9.17) is 21.1 Å². The van der Waals surface area contributed by atoms with Gasteiger partial charge in [0.05, 0.1) is 6.61 Å². The van der Waals surface area contributed by atoms with Gasteiger partial charge in [0.2, 0.25) is 0 Å². The molecule has 0 fully saturated rings. The highest BCUT2D eigenvalue weighted by Crippen LogP contribution is 2.22. The molecule has 122 valence electrons. The van der Waals surface area contributed by atoms with Crippen LogP contribution in [0.15, 0.2) is 42.5 Å². The Bertz CT molecular complexity index is 688. The first-order valence-corrected chi connectivity index (χ1v) is 7.84. The number of rotatable bonds is 6. The van der Waals surface area contributed by atoms with Crippen molar-refractivity contribution >= 4 is 23.2 Å². The number of nitrogens with one attached hydrogen (secondary N) is 1. The number of ether oxygens (including phenoxy) is 2. The van der Waals surface area contributed by atoms with Crippen molar-refractivity contribution in [3.05, 3.63) is 53.1 Å². The summed E-state index contributed by atoms with van der Waals surface area (Å²) in [4.78, 5) is 12.2. The van der Waals surface area contributed by atoms with Crippen molar-refractivity contribution in [2.45, 2.75) is 26.9 Å². The van der Waals surface area contributed by atoms with Gasteiger partial charge in [0.1, 0.15) is 11.5 Å². The summed E-state index contributed by atoms with van der Waals surface area (Å²) in [6.07, 6.45) is -0.633. The molecule has 1 amide bonds. The van der Waals surface area contributed by atoms with Crippen molar-refractivity contribution in [3.63, 3.8) is 0 Å². The van der Waals surface area contributed by atoms with Crippen LogP contribution in [0.3, 0.4) is 0 Å². The quantitative estimate of drug-likeness (QED) is 0.849. The summed E-state index contributed by atoms with van der Waals surface area (Å²) in [5.74, 6) is 1.09. The van der Waals surface area contributed by atoms with Crippen LogP contribution in [-0.2, 0) is 4.79 Å². The maximum Gasteiger partial charge on any atom is 0.265 e. The number of carbonyl (C=O) groups excluding carboxylic acids is 1. The number of anilines is 1. The zero-order valence-electron chi connectivity index (χ0n) is 13.4. The summed E-state index contributed by atoms with van der Waals surface area (Å²) in [7, 11) is 0. The van der Waals surface area contributed by atoms with Gasteiger partial charge in [-0.2, -0.15) is 0 Å². The van der Waals surface area contributed by atoms with Crippen LogP contribution in [0.4, 0.5) is 5.69 Å². The molecule has 0 saturated heterocycles. The van der Waals surface area contributed by atoms with Crippen LogP contribution in [0.2, 0.25) is 5.02 Å². The van der Waals surface area contributed by atoms with Gasteiger partial charge in [-0.3, -0.25) is 4.79 Å². The van der Waals surface area contributed by atoms with Crippen molar-refractivity contribution in [1.29, 1.82) is 0 Å². The van der Waals surface area contributed by atoms with Gasteiger partial charge in [0, 0.05) is 16.8 Å². The molecule has 1 unspecified atom stereocenters. The molecule has 5 heteroatoms. The lowest BCUT2D eigenvalue weighted by atomic mass is 10.2. The van der Waals surface area contributed by atoms with Crippen LogP contribution < -0.4 is 14.8 Å². The fourth-order valence-corrected chi connectivity index (χ4v) is 2.14. The molecule has 2 aromatic rings. The molecule has 0 aliphatic carbocycles. The van der Waals surface area contributed by atoms with Gasteiger partial charge in [-0.05, 0) is 56.7 Å². The van der Waals surface area contributed by atoms with E-state index in [9.17, 15) is 4.79 Å². The number of halogens is 1. The first-order valence-electron chi connectivity index (χ1n) is 7.46.